The van der Waals surface area contributed by atoms with Crippen molar-refractivity contribution in [3.05, 3.63) is 58.4 Å². The molecule has 0 saturated heterocycles. The van der Waals surface area contributed by atoms with E-state index in [4.69, 9.17) is 16.3 Å². The van der Waals surface area contributed by atoms with E-state index >= 15 is 0 Å². The summed E-state index contributed by atoms with van der Waals surface area (Å²) in [5.41, 5.74) is 4.74. The molecule has 31 heavy (non-hydrogen) atoms. The number of halogens is 2. The minimum Gasteiger partial charge on any atom is -0.484 e. The van der Waals surface area contributed by atoms with E-state index in [0.29, 0.717) is 22.3 Å². The molecule has 1 atom stereocenters. The first-order chi connectivity index (χ1) is 14.7. The van der Waals surface area contributed by atoms with Gasteiger partial charge in [0.15, 0.2) is 6.61 Å². The lowest BCUT2D eigenvalue weighted by molar-refractivity contribution is -0.123. The van der Waals surface area contributed by atoms with Crippen molar-refractivity contribution in [2.24, 2.45) is 5.10 Å². The van der Waals surface area contributed by atoms with E-state index in [-0.39, 0.29) is 18.0 Å². The van der Waals surface area contributed by atoms with Crippen LogP contribution in [0.15, 0.2) is 41.5 Å². The minimum atomic E-state index is -0.446. The first kappa shape index (κ1) is 23.1. The molecule has 1 amide bonds. The third-order valence-electron chi connectivity index (χ3n) is 5.51. The normalized spacial score (nSPS) is 17.5. The summed E-state index contributed by atoms with van der Waals surface area (Å²) in [5.74, 6) is -0.0239. The van der Waals surface area contributed by atoms with Crippen LogP contribution in [0, 0.1) is 5.82 Å². The van der Waals surface area contributed by atoms with Gasteiger partial charge in [0, 0.05) is 28.4 Å². The summed E-state index contributed by atoms with van der Waals surface area (Å²) < 4.78 is 20.2. The number of nitrogens with one attached hydrogen (secondary N) is 1. The van der Waals surface area contributed by atoms with E-state index < -0.39 is 5.91 Å². The molecule has 0 aliphatic carbocycles. The zero-order valence-electron chi connectivity index (χ0n) is 18.4. The first-order valence-corrected chi connectivity index (χ1v) is 10.9. The van der Waals surface area contributed by atoms with Crippen LogP contribution in [0.3, 0.4) is 0 Å². The summed E-state index contributed by atoms with van der Waals surface area (Å²) >= 11 is 5.89. The zero-order valence-corrected chi connectivity index (χ0v) is 19.2. The van der Waals surface area contributed by atoms with E-state index in [1.807, 2.05) is 6.07 Å². The lowest BCUT2D eigenvalue weighted by Gasteiger charge is -2.47. The number of ether oxygens (including phenoxy) is 1. The highest BCUT2D eigenvalue weighted by atomic mass is 35.5. The lowest BCUT2D eigenvalue weighted by Crippen LogP contribution is -2.48. The molecule has 0 aromatic heterocycles. The third-order valence-corrected chi connectivity index (χ3v) is 5.75. The number of hydrogen-bond donors (Lipinski definition) is 1. The predicted molar refractivity (Wildman–Crippen MR) is 124 cm³/mol. The molecule has 0 radical (unpaired) electrons. The Bertz CT molecular complexity index is 977. The van der Waals surface area contributed by atoms with Gasteiger partial charge in [-0.3, -0.25) is 4.79 Å². The Morgan fingerprint density at radius 1 is 1.39 bits per heavy atom. The van der Waals surface area contributed by atoms with E-state index in [2.05, 4.69) is 43.1 Å². The van der Waals surface area contributed by atoms with Crippen LogP contribution in [-0.4, -0.2) is 30.8 Å². The number of amides is 1. The fraction of sp³-hybridized carbons (Fsp3) is 0.417. The fourth-order valence-electron chi connectivity index (χ4n) is 4.18. The molecule has 7 heteroatoms. The highest BCUT2D eigenvalue weighted by Crippen LogP contribution is 2.44. The minimum absolute atomic E-state index is 0.0264. The number of hydrazone groups is 1. The van der Waals surface area contributed by atoms with E-state index in [1.54, 1.807) is 30.3 Å². The Morgan fingerprint density at radius 2 is 2.16 bits per heavy atom. The SMILES string of the molecule is CCCN1c2cc(F)c(/C=N/NC(=O)COc3cccc(Cl)c3)cc2C(C)CC1(C)C. The van der Waals surface area contributed by atoms with E-state index in [9.17, 15) is 9.18 Å². The largest absolute Gasteiger partial charge is 0.484 e. The number of anilines is 1. The lowest BCUT2D eigenvalue weighted by atomic mass is 9.79. The average molecular weight is 446 g/mol. The number of benzene rings is 2. The van der Waals surface area contributed by atoms with Gasteiger partial charge in [0.2, 0.25) is 0 Å². The smallest absolute Gasteiger partial charge is 0.277 e. The van der Waals surface area contributed by atoms with Crippen LogP contribution in [0.25, 0.3) is 0 Å². The molecule has 0 spiro atoms. The number of carbonyl (C=O) groups excluding carboxylic acids is 1. The molecule has 1 unspecified atom stereocenters. The van der Waals surface area contributed by atoms with Gasteiger partial charge in [-0.25, -0.2) is 9.82 Å². The van der Waals surface area contributed by atoms with E-state index in [0.717, 1.165) is 30.6 Å². The number of fused-ring (bicyclic) bond motifs is 1. The maximum Gasteiger partial charge on any atom is 0.277 e. The molecule has 1 N–H and O–H groups in total. The maximum absolute atomic E-state index is 14.8. The molecule has 1 heterocycles. The molecule has 0 bridgehead atoms. The quantitative estimate of drug-likeness (QED) is 0.451. The summed E-state index contributed by atoms with van der Waals surface area (Å²) in [6.45, 7) is 9.36. The van der Waals surface area contributed by atoms with Crippen molar-refractivity contribution in [1.29, 1.82) is 0 Å². The second-order valence-corrected chi connectivity index (χ2v) is 8.98. The van der Waals surface area contributed by atoms with Crippen LogP contribution < -0.4 is 15.1 Å². The molecule has 166 valence electrons. The Balaban J connectivity index is 1.69. The Labute approximate surface area is 188 Å². The van der Waals surface area contributed by atoms with Gasteiger partial charge in [0.05, 0.1) is 6.21 Å². The van der Waals surface area contributed by atoms with Gasteiger partial charge in [-0.15, -0.1) is 0 Å². The van der Waals surface area contributed by atoms with Crippen molar-refractivity contribution >= 4 is 29.4 Å². The summed E-state index contributed by atoms with van der Waals surface area (Å²) in [6, 6.07) is 10.2. The topological polar surface area (TPSA) is 53.9 Å². The van der Waals surface area contributed by atoms with Crippen molar-refractivity contribution in [3.8, 4) is 5.75 Å². The monoisotopic (exact) mass is 445 g/mol. The molecule has 0 saturated carbocycles. The van der Waals surface area contributed by atoms with Gasteiger partial charge in [0.25, 0.3) is 5.91 Å². The van der Waals surface area contributed by atoms with Crippen molar-refractivity contribution in [2.75, 3.05) is 18.1 Å². The van der Waals surface area contributed by atoms with Crippen LogP contribution in [0.1, 0.15) is 57.6 Å². The second kappa shape index (κ2) is 9.69. The van der Waals surface area contributed by atoms with Crippen LogP contribution >= 0.6 is 11.6 Å². The number of carbonyl (C=O) groups is 1. The Morgan fingerprint density at radius 3 is 2.87 bits per heavy atom. The van der Waals surface area contributed by atoms with Gasteiger partial charge in [-0.05, 0) is 68.5 Å². The molecule has 1 aliphatic heterocycles. The summed E-state index contributed by atoms with van der Waals surface area (Å²) in [6.07, 6.45) is 3.31. The zero-order chi connectivity index (χ0) is 22.6. The Hall–Kier alpha value is -2.60. The van der Waals surface area contributed by atoms with Crippen molar-refractivity contribution in [3.63, 3.8) is 0 Å². The number of hydrogen-bond acceptors (Lipinski definition) is 4. The van der Waals surface area contributed by atoms with Crippen LogP contribution in [0.5, 0.6) is 5.75 Å². The van der Waals surface area contributed by atoms with Crippen LogP contribution in [-0.2, 0) is 4.79 Å². The van der Waals surface area contributed by atoms with Gasteiger partial charge in [-0.2, -0.15) is 5.10 Å². The van der Waals surface area contributed by atoms with Crippen molar-refractivity contribution < 1.29 is 13.9 Å². The molecule has 5 nitrogen and oxygen atoms in total. The molecule has 2 aromatic rings. The van der Waals surface area contributed by atoms with Crippen LogP contribution in [0.2, 0.25) is 5.02 Å². The molecule has 1 aliphatic rings. The van der Waals surface area contributed by atoms with Gasteiger partial charge in [0.1, 0.15) is 11.6 Å². The standard InChI is InChI=1S/C24H29ClFN3O2/c1-5-9-29-22-12-21(26)17(10-20(22)16(2)13-24(29,3)4)14-27-28-23(30)15-31-19-8-6-7-18(25)11-19/h6-8,10-12,14,16H,5,9,13,15H2,1-4H3,(H,28,30)/b27-14+. The van der Waals surface area contributed by atoms with Gasteiger partial charge < -0.3 is 9.64 Å². The fourth-order valence-corrected chi connectivity index (χ4v) is 4.36. The molecule has 2 aromatic carbocycles. The number of rotatable bonds is 7. The third kappa shape index (κ3) is 5.56. The highest BCUT2D eigenvalue weighted by Gasteiger charge is 2.36. The second-order valence-electron chi connectivity index (χ2n) is 8.54. The van der Waals surface area contributed by atoms with Gasteiger partial charge in [-0.1, -0.05) is 31.5 Å². The maximum atomic E-state index is 14.8. The summed E-state index contributed by atoms with van der Waals surface area (Å²) in [7, 11) is 0. The van der Waals surface area contributed by atoms with Crippen LogP contribution in [0.4, 0.5) is 10.1 Å². The summed E-state index contributed by atoms with van der Waals surface area (Å²) in [5, 5.41) is 4.43. The molecule has 3 rings (SSSR count). The molecular formula is C24H29ClFN3O2. The number of nitrogens with zero attached hydrogens (tertiary/aromatic N) is 2. The summed E-state index contributed by atoms with van der Waals surface area (Å²) in [4.78, 5) is 14.3. The Kier molecular flexibility index (Phi) is 7.21. The van der Waals surface area contributed by atoms with E-state index in [1.165, 1.54) is 6.21 Å². The van der Waals surface area contributed by atoms with Gasteiger partial charge >= 0.3 is 0 Å². The van der Waals surface area contributed by atoms with Crippen molar-refractivity contribution in [2.45, 2.75) is 52.0 Å². The molecule has 0 fully saturated rings. The highest BCUT2D eigenvalue weighted by molar-refractivity contribution is 6.30. The average Bonchev–Trinajstić information content (AvgIpc) is 2.70. The first-order valence-electron chi connectivity index (χ1n) is 10.5. The predicted octanol–water partition coefficient (Wildman–Crippen LogP) is 5.51. The van der Waals surface area contributed by atoms with Crippen molar-refractivity contribution in [1.82, 2.24) is 5.43 Å². The molecular weight excluding hydrogens is 417 g/mol.